The van der Waals surface area contributed by atoms with Crippen LogP contribution in [0.4, 0.5) is 0 Å². The van der Waals surface area contributed by atoms with Crippen LogP contribution in [0.5, 0.6) is 0 Å². The van der Waals surface area contributed by atoms with Crippen molar-refractivity contribution in [2.75, 3.05) is 12.8 Å². The van der Waals surface area contributed by atoms with E-state index in [1.54, 1.807) is 0 Å². The average molecular weight is 350 g/mol. The first kappa shape index (κ1) is 15.6. The van der Waals surface area contributed by atoms with E-state index in [1.807, 2.05) is 18.8 Å². The lowest BCUT2D eigenvalue weighted by Crippen LogP contribution is -2.30. The van der Waals surface area contributed by atoms with Crippen molar-refractivity contribution in [2.24, 2.45) is 0 Å². The van der Waals surface area contributed by atoms with Gasteiger partial charge in [0.05, 0.1) is 0 Å². The van der Waals surface area contributed by atoms with Gasteiger partial charge in [-0.1, -0.05) is 46.3 Å². The molecule has 3 heteroatoms. The quantitative estimate of drug-likeness (QED) is 0.759. The SMILES string of the molecule is CNC(CSc1cccc(Br)c1)Cc1ccccc1C. The average Bonchev–Trinajstić information content (AvgIpc) is 2.45. The van der Waals surface area contributed by atoms with Gasteiger partial charge in [0, 0.05) is 21.2 Å². The Bertz CT molecular complexity index is 556. The van der Waals surface area contributed by atoms with Gasteiger partial charge in [0.25, 0.3) is 0 Å². The summed E-state index contributed by atoms with van der Waals surface area (Å²) in [5.41, 5.74) is 2.81. The highest BCUT2D eigenvalue weighted by molar-refractivity contribution is 9.10. The maximum atomic E-state index is 3.52. The van der Waals surface area contributed by atoms with Crippen molar-refractivity contribution in [3.8, 4) is 0 Å². The second kappa shape index (κ2) is 7.87. The number of halogens is 1. The molecule has 0 saturated heterocycles. The molecule has 0 spiro atoms. The Labute approximate surface area is 134 Å². The maximum Gasteiger partial charge on any atom is 0.0199 e. The van der Waals surface area contributed by atoms with E-state index >= 15 is 0 Å². The second-order valence-electron chi connectivity index (χ2n) is 4.88. The number of likely N-dealkylation sites (N-methyl/N-ethyl adjacent to an activating group) is 1. The molecule has 1 atom stereocenters. The second-order valence-corrected chi connectivity index (χ2v) is 6.89. The van der Waals surface area contributed by atoms with Crippen molar-refractivity contribution in [1.82, 2.24) is 5.32 Å². The highest BCUT2D eigenvalue weighted by Gasteiger charge is 2.09. The number of nitrogens with one attached hydrogen (secondary N) is 1. The Morgan fingerprint density at radius 3 is 2.65 bits per heavy atom. The van der Waals surface area contributed by atoms with Crippen LogP contribution in [-0.4, -0.2) is 18.8 Å². The minimum atomic E-state index is 0.486. The van der Waals surface area contributed by atoms with Crippen molar-refractivity contribution >= 4 is 27.7 Å². The predicted molar refractivity (Wildman–Crippen MR) is 92.6 cm³/mol. The molecule has 1 N–H and O–H groups in total. The highest BCUT2D eigenvalue weighted by atomic mass is 79.9. The highest BCUT2D eigenvalue weighted by Crippen LogP contribution is 2.23. The van der Waals surface area contributed by atoms with Crippen LogP contribution >= 0.6 is 27.7 Å². The molecule has 0 aliphatic rings. The lowest BCUT2D eigenvalue weighted by Gasteiger charge is -2.17. The Hall–Kier alpha value is -0.770. The molecule has 106 valence electrons. The Morgan fingerprint density at radius 1 is 1.15 bits per heavy atom. The molecule has 20 heavy (non-hydrogen) atoms. The van der Waals surface area contributed by atoms with Gasteiger partial charge in [-0.15, -0.1) is 11.8 Å². The molecule has 2 rings (SSSR count). The monoisotopic (exact) mass is 349 g/mol. The number of rotatable bonds is 6. The summed E-state index contributed by atoms with van der Waals surface area (Å²) in [6.45, 7) is 2.18. The molecular weight excluding hydrogens is 330 g/mol. The summed E-state index contributed by atoms with van der Waals surface area (Å²) in [5.74, 6) is 1.07. The lowest BCUT2D eigenvalue weighted by atomic mass is 10.0. The van der Waals surface area contributed by atoms with Crippen molar-refractivity contribution in [3.63, 3.8) is 0 Å². The Morgan fingerprint density at radius 2 is 1.95 bits per heavy atom. The van der Waals surface area contributed by atoms with Gasteiger partial charge in [-0.05, 0) is 49.7 Å². The van der Waals surface area contributed by atoms with Gasteiger partial charge in [0.1, 0.15) is 0 Å². The molecule has 2 aromatic carbocycles. The first-order valence-electron chi connectivity index (χ1n) is 6.79. The summed E-state index contributed by atoms with van der Waals surface area (Å²) >= 11 is 5.42. The van der Waals surface area contributed by atoms with Crippen LogP contribution in [-0.2, 0) is 6.42 Å². The maximum absolute atomic E-state index is 3.52. The normalized spacial score (nSPS) is 12.3. The molecule has 0 saturated carbocycles. The van der Waals surface area contributed by atoms with Crippen LogP contribution in [0, 0.1) is 6.92 Å². The van der Waals surface area contributed by atoms with Gasteiger partial charge >= 0.3 is 0 Å². The first-order valence-corrected chi connectivity index (χ1v) is 8.57. The van der Waals surface area contributed by atoms with E-state index < -0.39 is 0 Å². The van der Waals surface area contributed by atoms with Crippen LogP contribution in [0.2, 0.25) is 0 Å². The molecular formula is C17H20BrNS. The third-order valence-corrected chi connectivity index (χ3v) is 5.03. The largest absolute Gasteiger partial charge is 0.316 e. The smallest absolute Gasteiger partial charge is 0.0199 e. The fraction of sp³-hybridized carbons (Fsp3) is 0.294. The Balaban J connectivity index is 1.94. The van der Waals surface area contributed by atoms with Gasteiger partial charge in [-0.25, -0.2) is 0 Å². The van der Waals surface area contributed by atoms with Crippen molar-refractivity contribution in [3.05, 3.63) is 64.1 Å². The number of thioether (sulfide) groups is 1. The molecule has 0 aromatic heterocycles. The first-order chi connectivity index (χ1) is 9.69. The number of benzene rings is 2. The molecule has 2 aromatic rings. The third kappa shape index (κ3) is 4.65. The molecule has 0 aliphatic heterocycles. The van der Waals surface area contributed by atoms with Crippen LogP contribution in [0.15, 0.2) is 57.9 Å². The Kier molecular flexibility index (Phi) is 6.14. The van der Waals surface area contributed by atoms with Crippen molar-refractivity contribution in [2.45, 2.75) is 24.3 Å². The zero-order valence-corrected chi connectivity index (χ0v) is 14.3. The zero-order valence-electron chi connectivity index (χ0n) is 11.9. The minimum Gasteiger partial charge on any atom is -0.316 e. The summed E-state index contributed by atoms with van der Waals surface area (Å²) in [7, 11) is 2.05. The summed E-state index contributed by atoms with van der Waals surface area (Å²) in [5, 5.41) is 3.43. The summed E-state index contributed by atoms with van der Waals surface area (Å²) < 4.78 is 1.14. The van der Waals surface area contributed by atoms with E-state index in [2.05, 4.69) is 76.7 Å². The zero-order chi connectivity index (χ0) is 14.4. The molecule has 1 nitrogen and oxygen atoms in total. The van der Waals surface area contributed by atoms with Crippen LogP contribution < -0.4 is 5.32 Å². The lowest BCUT2D eigenvalue weighted by molar-refractivity contribution is 0.615. The number of hydrogen-bond donors (Lipinski definition) is 1. The predicted octanol–water partition coefficient (Wildman–Crippen LogP) is 4.68. The van der Waals surface area contributed by atoms with Gasteiger partial charge in [-0.3, -0.25) is 0 Å². The van der Waals surface area contributed by atoms with E-state index in [0.29, 0.717) is 6.04 Å². The van der Waals surface area contributed by atoms with Gasteiger partial charge in [0.15, 0.2) is 0 Å². The van der Waals surface area contributed by atoms with Crippen LogP contribution in [0.25, 0.3) is 0 Å². The fourth-order valence-corrected chi connectivity index (χ4v) is 3.72. The van der Waals surface area contributed by atoms with Gasteiger partial charge in [0.2, 0.25) is 0 Å². The minimum absolute atomic E-state index is 0.486. The molecule has 0 radical (unpaired) electrons. The molecule has 0 heterocycles. The molecule has 0 bridgehead atoms. The standard InChI is InChI=1S/C17H20BrNS/c1-13-6-3-4-7-14(13)10-16(19-2)12-20-17-9-5-8-15(18)11-17/h3-9,11,16,19H,10,12H2,1-2H3. The third-order valence-electron chi connectivity index (χ3n) is 3.38. The number of hydrogen-bond acceptors (Lipinski definition) is 2. The van der Waals surface area contributed by atoms with Gasteiger partial charge in [-0.2, -0.15) is 0 Å². The summed E-state index contributed by atoms with van der Waals surface area (Å²) in [4.78, 5) is 1.31. The van der Waals surface area contributed by atoms with Crippen LogP contribution in [0.3, 0.4) is 0 Å². The van der Waals surface area contributed by atoms with E-state index in [-0.39, 0.29) is 0 Å². The van der Waals surface area contributed by atoms with Crippen LogP contribution in [0.1, 0.15) is 11.1 Å². The van der Waals surface area contributed by atoms with Crippen molar-refractivity contribution in [1.29, 1.82) is 0 Å². The molecule has 0 aliphatic carbocycles. The number of aryl methyl sites for hydroxylation is 1. The fourth-order valence-electron chi connectivity index (χ4n) is 2.10. The summed E-state index contributed by atoms with van der Waals surface area (Å²) in [6.07, 6.45) is 1.07. The molecule has 0 fully saturated rings. The van der Waals surface area contributed by atoms with E-state index in [4.69, 9.17) is 0 Å². The van der Waals surface area contributed by atoms with E-state index in [1.165, 1.54) is 16.0 Å². The molecule has 0 amide bonds. The van der Waals surface area contributed by atoms with Crippen molar-refractivity contribution < 1.29 is 0 Å². The van der Waals surface area contributed by atoms with E-state index in [9.17, 15) is 0 Å². The van der Waals surface area contributed by atoms with Gasteiger partial charge < -0.3 is 5.32 Å². The summed E-state index contributed by atoms with van der Waals surface area (Å²) in [6, 6.07) is 17.6. The van der Waals surface area contributed by atoms with E-state index in [0.717, 1.165) is 16.6 Å². The topological polar surface area (TPSA) is 12.0 Å². The molecule has 1 unspecified atom stereocenters.